The van der Waals surface area contributed by atoms with Gasteiger partial charge in [-0.15, -0.1) is 0 Å². The molecule has 0 atom stereocenters. The molecule has 0 aliphatic carbocycles. The van der Waals surface area contributed by atoms with Gasteiger partial charge in [-0.25, -0.2) is 22.0 Å². The molecule has 2 aromatic rings. The van der Waals surface area contributed by atoms with Crippen molar-refractivity contribution < 1.29 is 53.3 Å². The molecule has 0 aliphatic rings. The average molecular weight is 437 g/mol. The maximum atomic E-state index is 13.5. The van der Waals surface area contributed by atoms with Gasteiger partial charge in [0, 0.05) is 6.21 Å². The Balaban J connectivity index is 0. The van der Waals surface area contributed by atoms with Gasteiger partial charge in [0.25, 0.3) is 0 Å². The molecule has 0 bridgehead atoms. The van der Waals surface area contributed by atoms with E-state index in [0.717, 1.165) is 0 Å². The van der Waals surface area contributed by atoms with Gasteiger partial charge in [0.15, 0.2) is 23.3 Å². The zero-order valence-electron chi connectivity index (χ0n) is 14.0. The maximum absolute atomic E-state index is 13.5. The molecule has 0 heterocycles. The van der Waals surface area contributed by atoms with Gasteiger partial charge in [0.1, 0.15) is 11.4 Å². The number of phenolic OH excluding ortho intramolecular Hbond substituents is 1. The maximum Gasteiger partial charge on any atom is 2.00 e. The summed E-state index contributed by atoms with van der Waals surface area (Å²) in [6.07, 6.45) is 0.490. The standard InChI is InChI=1S/C15H10F5NO.2CH3.Zr/c1-6-3-7(2)15(22)9(4-6)21-5-8-10(16)12(18)14(20)13(19)11(8)17;;;/h3-5,22H,1-2H3;2*1H3;/q;2*-1;+2. The molecule has 0 aromatic heterocycles. The second kappa shape index (κ2) is 9.80. The first-order chi connectivity index (χ1) is 10.2. The molecule has 2 rings (SSSR count). The van der Waals surface area contributed by atoms with Crippen molar-refractivity contribution in [3.63, 3.8) is 0 Å². The summed E-state index contributed by atoms with van der Waals surface area (Å²) in [4.78, 5) is 3.62. The summed E-state index contributed by atoms with van der Waals surface area (Å²) in [6, 6.07) is 3.05. The predicted octanol–water partition coefficient (Wildman–Crippen LogP) is 5.35. The fraction of sp³-hybridized carbons (Fsp3) is 0.118. The predicted molar refractivity (Wildman–Crippen MR) is 83.9 cm³/mol. The van der Waals surface area contributed by atoms with Crippen LogP contribution in [0, 0.1) is 57.8 Å². The van der Waals surface area contributed by atoms with Gasteiger partial charge in [-0.05, 0) is 31.0 Å². The smallest absolute Gasteiger partial charge is 0.505 e. The van der Waals surface area contributed by atoms with E-state index in [1.165, 1.54) is 6.07 Å². The van der Waals surface area contributed by atoms with E-state index in [2.05, 4.69) is 4.99 Å². The van der Waals surface area contributed by atoms with Crippen LogP contribution in [0.2, 0.25) is 0 Å². The van der Waals surface area contributed by atoms with E-state index in [9.17, 15) is 27.1 Å². The van der Waals surface area contributed by atoms with Gasteiger partial charge in [-0.2, -0.15) is 0 Å². The number of hydrogen-bond donors (Lipinski definition) is 1. The minimum atomic E-state index is -2.23. The molecule has 0 aliphatic heterocycles. The number of aromatic hydroxyl groups is 1. The minimum Gasteiger partial charge on any atom is -0.505 e. The van der Waals surface area contributed by atoms with E-state index >= 15 is 0 Å². The molecule has 1 N–H and O–H groups in total. The third-order valence-corrected chi connectivity index (χ3v) is 3.00. The second-order valence-electron chi connectivity index (χ2n) is 4.69. The number of hydrogen-bond acceptors (Lipinski definition) is 2. The molecule has 0 spiro atoms. The van der Waals surface area contributed by atoms with Crippen LogP contribution < -0.4 is 0 Å². The summed E-state index contributed by atoms with van der Waals surface area (Å²) in [5.74, 6) is -10.5. The normalized spacial score (nSPS) is 10.0. The number of nitrogens with zero attached hydrogens (tertiary/aromatic N) is 1. The zero-order chi connectivity index (χ0) is 16.6. The van der Waals surface area contributed by atoms with Crippen molar-refractivity contribution in [2.24, 2.45) is 4.99 Å². The molecule has 25 heavy (non-hydrogen) atoms. The van der Waals surface area contributed by atoms with E-state index in [1.807, 2.05) is 0 Å². The van der Waals surface area contributed by atoms with Crippen LogP contribution in [0.1, 0.15) is 16.7 Å². The molecule has 2 aromatic carbocycles. The van der Waals surface area contributed by atoms with E-state index in [-0.39, 0.29) is 52.5 Å². The Bertz CT molecular complexity index is 764. The van der Waals surface area contributed by atoms with E-state index in [1.54, 1.807) is 19.9 Å². The van der Waals surface area contributed by atoms with Gasteiger partial charge >= 0.3 is 26.2 Å². The molecule has 0 fully saturated rings. The first-order valence-corrected chi connectivity index (χ1v) is 6.09. The third-order valence-electron chi connectivity index (χ3n) is 3.00. The Morgan fingerprint density at radius 2 is 1.28 bits per heavy atom. The number of phenols is 1. The fourth-order valence-electron chi connectivity index (χ4n) is 1.91. The first kappa shape index (κ1) is 25.7. The Morgan fingerprint density at radius 3 is 1.76 bits per heavy atom. The van der Waals surface area contributed by atoms with Crippen molar-refractivity contribution >= 4 is 11.9 Å². The quantitative estimate of drug-likeness (QED) is 0.222. The first-order valence-electron chi connectivity index (χ1n) is 6.09. The van der Waals surface area contributed by atoms with Crippen LogP contribution in [-0.4, -0.2) is 11.3 Å². The van der Waals surface area contributed by atoms with Gasteiger partial charge in [0.05, 0.1) is 5.56 Å². The molecule has 0 amide bonds. The minimum absolute atomic E-state index is 0. The zero-order valence-corrected chi connectivity index (χ0v) is 16.5. The van der Waals surface area contributed by atoms with Gasteiger partial charge in [0.2, 0.25) is 5.82 Å². The van der Waals surface area contributed by atoms with E-state index in [4.69, 9.17) is 0 Å². The van der Waals surface area contributed by atoms with Crippen molar-refractivity contribution in [1.29, 1.82) is 0 Å². The monoisotopic (exact) mass is 435 g/mol. The summed E-state index contributed by atoms with van der Waals surface area (Å²) in [6.45, 7) is 3.28. The summed E-state index contributed by atoms with van der Waals surface area (Å²) in [7, 11) is 0. The van der Waals surface area contributed by atoms with Crippen LogP contribution in [-0.2, 0) is 26.2 Å². The molecule has 134 valence electrons. The molecule has 0 saturated carbocycles. The van der Waals surface area contributed by atoms with Crippen molar-refractivity contribution in [3.05, 3.63) is 72.8 Å². The summed E-state index contributed by atoms with van der Waals surface area (Å²) in [5.41, 5.74) is -0.0409. The number of benzene rings is 2. The van der Waals surface area contributed by atoms with Gasteiger partial charge < -0.3 is 20.0 Å². The topological polar surface area (TPSA) is 32.6 Å². The van der Waals surface area contributed by atoms with Gasteiger partial charge in [-0.3, -0.25) is 4.99 Å². The Labute approximate surface area is 162 Å². The van der Waals surface area contributed by atoms with Crippen LogP contribution >= 0.6 is 0 Å². The van der Waals surface area contributed by atoms with Crippen LogP contribution in [0.5, 0.6) is 5.75 Å². The largest absolute Gasteiger partial charge is 2.00 e. The molecule has 2 nitrogen and oxygen atoms in total. The van der Waals surface area contributed by atoms with Crippen molar-refractivity contribution in [1.82, 2.24) is 0 Å². The Morgan fingerprint density at radius 1 is 0.840 bits per heavy atom. The summed E-state index contributed by atoms with van der Waals surface area (Å²) >= 11 is 0. The van der Waals surface area contributed by atoms with Crippen LogP contribution in [0.4, 0.5) is 27.6 Å². The Hall–Kier alpha value is -1.56. The number of aliphatic imine (C=N–C) groups is 1. The van der Waals surface area contributed by atoms with Crippen LogP contribution in [0.15, 0.2) is 17.1 Å². The van der Waals surface area contributed by atoms with Gasteiger partial charge in [-0.1, -0.05) is 6.07 Å². The molecule has 8 heteroatoms. The summed E-state index contributed by atoms with van der Waals surface area (Å²) < 4.78 is 66.0. The van der Waals surface area contributed by atoms with Crippen molar-refractivity contribution in [2.45, 2.75) is 13.8 Å². The molecule has 0 radical (unpaired) electrons. The van der Waals surface area contributed by atoms with Crippen LogP contribution in [0.25, 0.3) is 0 Å². The summed E-state index contributed by atoms with van der Waals surface area (Å²) in [5, 5.41) is 9.78. The van der Waals surface area contributed by atoms with Crippen molar-refractivity contribution in [2.75, 3.05) is 0 Å². The molecular weight excluding hydrogens is 420 g/mol. The third kappa shape index (κ3) is 4.97. The molecule has 0 saturated heterocycles. The van der Waals surface area contributed by atoms with E-state index in [0.29, 0.717) is 17.3 Å². The fourth-order valence-corrected chi connectivity index (χ4v) is 1.91. The SMILES string of the molecule is Cc1cc(C)c(O)c(N=Cc2c(F)c(F)c(F)c(F)c2F)c1.[CH3-].[CH3-].[Zr+2]. The van der Waals surface area contributed by atoms with Crippen LogP contribution in [0.3, 0.4) is 0 Å². The number of rotatable bonds is 2. The Kier molecular flexibility index (Phi) is 10.1. The average Bonchev–Trinajstić information content (AvgIpc) is 2.47. The second-order valence-corrected chi connectivity index (χ2v) is 4.69. The number of aryl methyl sites for hydroxylation is 2. The molecular formula is C17H16F5NOZr. The van der Waals surface area contributed by atoms with E-state index < -0.39 is 34.6 Å². The number of halogens is 5. The van der Waals surface area contributed by atoms with Crippen molar-refractivity contribution in [3.8, 4) is 5.75 Å². The molecule has 0 unspecified atom stereocenters.